The molecule has 2 nitrogen and oxygen atoms in total. The summed E-state index contributed by atoms with van der Waals surface area (Å²) in [5, 5.41) is 0. The van der Waals surface area contributed by atoms with Gasteiger partial charge in [-0.2, -0.15) is 0 Å². The highest BCUT2D eigenvalue weighted by atomic mass is 16.5. The molecule has 1 aliphatic carbocycles. The molecule has 0 aromatic rings. The van der Waals surface area contributed by atoms with Crippen molar-refractivity contribution in [1.82, 2.24) is 0 Å². The molecule has 0 spiro atoms. The quantitative estimate of drug-likeness (QED) is 0.534. The molecule has 0 aromatic heterocycles. The van der Waals surface area contributed by atoms with E-state index in [-0.39, 0.29) is 5.97 Å². The lowest BCUT2D eigenvalue weighted by atomic mass is 9.89. The standard InChI is InChI=1S/C14H20O2/c1-5-6-10(2)13-8-7-11(3)14(9-13)16-12(4)15/h6-7,9,13H,5,8H2,1-4H3/b10-6+. The fourth-order valence-corrected chi connectivity index (χ4v) is 1.85. The Kier molecular flexibility index (Phi) is 4.53. The number of carbonyl (C=O) groups excluding carboxylic acids is 1. The van der Waals surface area contributed by atoms with Crippen LogP contribution in [-0.2, 0) is 9.53 Å². The monoisotopic (exact) mass is 220 g/mol. The van der Waals surface area contributed by atoms with Crippen LogP contribution in [-0.4, -0.2) is 5.97 Å². The molecular weight excluding hydrogens is 200 g/mol. The summed E-state index contributed by atoms with van der Waals surface area (Å²) in [6, 6.07) is 0. The lowest BCUT2D eigenvalue weighted by Gasteiger charge is -2.20. The third-order valence-corrected chi connectivity index (χ3v) is 2.78. The summed E-state index contributed by atoms with van der Waals surface area (Å²) in [6.07, 6.45) is 8.45. The van der Waals surface area contributed by atoms with E-state index in [1.807, 2.05) is 6.92 Å². The smallest absolute Gasteiger partial charge is 0.308 e. The average Bonchev–Trinajstić information content (AvgIpc) is 2.21. The summed E-state index contributed by atoms with van der Waals surface area (Å²) in [7, 11) is 0. The van der Waals surface area contributed by atoms with Gasteiger partial charge in [0.2, 0.25) is 0 Å². The SMILES string of the molecule is CC/C=C(\C)C1C=C(OC(C)=O)C(C)=CC1. The first-order chi connectivity index (χ1) is 7.54. The molecule has 88 valence electrons. The molecule has 0 fully saturated rings. The normalized spacial score (nSPS) is 21.2. The molecule has 0 saturated carbocycles. The highest BCUT2D eigenvalue weighted by Gasteiger charge is 2.16. The Balaban J connectivity index is 2.83. The molecule has 0 N–H and O–H groups in total. The summed E-state index contributed by atoms with van der Waals surface area (Å²) in [5.41, 5.74) is 2.40. The number of hydrogen-bond donors (Lipinski definition) is 0. The van der Waals surface area contributed by atoms with Crippen molar-refractivity contribution in [3.63, 3.8) is 0 Å². The van der Waals surface area contributed by atoms with Crippen LogP contribution >= 0.6 is 0 Å². The largest absolute Gasteiger partial charge is 0.427 e. The summed E-state index contributed by atoms with van der Waals surface area (Å²) in [4.78, 5) is 11.0. The summed E-state index contributed by atoms with van der Waals surface area (Å²) in [6.45, 7) is 7.67. The zero-order chi connectivity index (χ0) is 12.1. The number of carbonyl (C=O) groups is 1. The van der Waals surface area contributed by atoms with Crippen LogP contribution in [0.25, 0.3) is 0 Å². The lowest BCUT2D eigenvalue weighted by Crippen LogP contribution is -2.09. The first-order valence-electron chi connectivity index (χ1n) is 5.78. The van der Waals surface area contributed by atoms with Gasteiger partial charge in [-0.25, -0.2) is 0 Å². The van der Waals surface area contributed by atoms with Gasteiger partial charge in [-0.3, -0.25) is 4.79 Å². The zero-order valence-corrected chi connectivity index (χ0v) is 10.5. The Morgan fingerprint density at radius 3 is 2.81 bits per heavy atom. The van der Waals surface area contributed by atoms with Gasteiger partial charge in [-0.15, -0.1) is 0 Å². The summed E-state index contributed by atoms with van der Waals surface area (Å²) < 4.78 is 5.19. The molecule has 1 unspecified atom stereocenters. The molecule has 1 atom stereocenters. The molecular formula is C14H20O2. The van der Waals surface area contributed by atoms with Crippen LogP contribution in [0.1, 0.15) is 40.5 Å². The van der Waals surface area contributed by atoms with E-state index < -0.39 is 0 Å². The van der Waals surface area contributed by atoms with Crippen LogP contribution in [0, 0.1) is 5.92 Å². The fourth-order valence-electron chi connectivity index (χ4n) is 1.85. The Morgan fingerprint density at radius 1 is 1.56 bits per heavy atom. The highest BCUT2D eigenvalue weighted by Crippen LogP contribution is 2.28. The van der Waals surface area contributed by atoms with Crippen LogP contribution in [0.3, 0.4) is 0 Å². The number of hydrogen-bond acceptors (Lipinski definition) is 2. The van der Waals surface area contributed by atoms with Crippen molar-refractivity contribution in [3.8, 4) is 0 Å². The third kappa shape index (κ3) is 3.37. The molecule has 0 heterocycles. The molecule has 0 bridgehead atoms. The zero-order valence-electron chi connectivity index (χ0n) is 10.5. The second-order valence-electron chi connectivity index (χ2n) is 4.21. The topological polar surface area (TPSA) is 26.3 Å². The minimum absolute atomic E-state index is 0.253. The van der Waals surface area contributed by atoms with Crippen molar-refractivity contribution in [3.05, 3.63) is 35.1 Å². The van der Waals surface area contributed by atoms with E-state index in [0.717, 1.165) is 18.4 Å². The molecule has 1 aliphatic rings. The van der Waals surface area contributed by atoms with E-state index in [9.17, 15) is 4.79 Å². The van der Waals surface area contributed by atoms with Gasteiger partial charge < -0.3 is 4.74 Å². The molecule has 2 heteroatoms. The maximum absolute atomic E-state index is 11.0. The first-order valence-corrected chi connectivity index (χ1v) is 5.78. The predicted molar refractivity (Wildman–Crippen MR) is 65.8 cm³/mol. The van der Waals surface area contributed by atoms with Crippen molar-refractivity contribution in [1.29, 1.82) is 0 Å². The summed E-state index contributed by atoms with van der Waals surface area (Å²) in [5.74, 6) is 0.836. The van der Waals surface area contributed by atoms with Crippen LogP contribution in [0.5, 0.6) is 0 Å². The summed E-state index contributed by atoms with van der Waals surface area (Å²) >= 11 is 0. The lowest BCUT2D eigenvalue weighted by molar-refractivity contribution is -0.136. The molecule has 0 aliphatic heterocycles. The maximum Gasteiger partial charge on any atom is 0.308 e. The number of esters is 1. The third-order valence-electron chi connectivity index (χ3n) is 2.78. The van der Waals surface area contributed by atoms with Gasteiger partial charge >= 0.3 is 5.97 Å². The van der Waals surface area contributed by atoms with Crippen molar-refractivity contribution in [2.45, 2.75) is 40.5 Å². The van der Waals surface area contributed by atoms with Crippen molar-refractivity contribution < 1.29 is 9.53 Å². The van der Waals surface area contributed by atoms with Crippen molar-refractivity contribution in [2.75, 3.05) is 0 Å². The van der Waals surface area contributed by atoms with Gasteiger partial charge in [0.25, 0.3) is 0 Å². The van der Waals surface area contributed by atoms with Crippen LogP contribution in [0.15, 0.2) is 35.1 Å². The number of ether oxygens (including phenoxy) is 1. The molecule has 0 aromatic carbocycles. The second kappa shape index (κ2) is 5.69. The molecule has 1 rings (SSSR count). The average molecular weight is 220 g/mol. The van der Waals surface area contributed by atoms with Crippen LogP contribution in [0.4, 0.5) is 0 Å². The van der Waals surface area contributed by atoms with Gasteiger partial charge in [0.1, 0.15) is 5.76 Å². The van der Waals surface area contributed by atoms with E-state index in [1.54, 1.807) is 0 Å². The van der Waals surface area contributed by atoms with Crippen molar-refractivity contribution >= 4 is 5.97 Å². The second-order valence-corrected chi connectivity index (χ2v) is 4.21. The number of rotatable bonds is 3. The van der Waals surface area contributed by atoms with Crippen LogP contribution in [0.2, 0.25) is 0 Å². The first kappa shape index (κ1) is 12.8. The van der Waals surface area contributed by atoms with Gasteiger partial charge in [0.15, 0.2) is 0 Å². The van der Waals surface area contributed by atoms with Crippen molar-refractivity contribution in [2.24, 2.45) is 5.92 Å². The van der Waals surface area contributed by atoms with E-state index >= 15 is 0 Å². The fraction of sp³-hybridized carbons (Fsp3) is 0.500. The Hall–Kier alpha value is -1.31. The molecule has 16 heavy (non-hydrogen) atoms. The van der Waals surface area contributed by atoms with Gasteiger partial charge in [0, 0.05) is 12.8 Å². The minimum Gasteiger partial charge on any atom is -0.427 e. The van der Waals surface area contributed by atoms with Crippen LogP contribution < -0.4 is 0 Å². The van der Waals surface area contributed by atoms with E-state index in [0.29, 0.717) is 11.7 Å². The molecule has 0 amide bonds. The van der Waals surface area contributed by atoms with E-state index in [4.69, 9.17) is 4.74 Å². The Labute approximate surface area is 97.7 Å². The number of allylic oxidation sites excluding steroid dienone is 5. The molecule has 0 saturated heterocycles. The maximum atomic E-state index is 11.0. The van der Waals surface area contributed by atoms with Gasteiger partial charge in [-0.05, 0) is 38.3 Å². The van der Waals surface area contributed by atoms with Gasteiger partial charge in [-0.1, -0.05) is 24.6 Å². The predicted octanol–water partition coefficient (Wildman–Crippen LogP) is 3.76. The Morgan fingerprint density at radius 2 is 2.25 bits per heavy atom. The Bertz CT molecular complexity index is 359. The van der Waals surface area contributed by atoms with E-state index in [2.05, 4.69) is 32.1 Å². The minimum atomic E-state index is -0.253. The van der Waals surface area contributed by atoms with Gasteiger partial charge in [0.05, 0.1) is 0 Å². The highest BCUT2D eigenvalue weighted by molar-refractivity contribution is 5.68. The molecule has 0 radical (unpaired) electrons. The van der Waals surface area contributed by atoms with E-state index in [1.165, 1.54) is 12.5 Å².